The zero-order valence-electron chi connectivity index (χ0n) is 19.9. The first kappa shape index (κ1) is 26.5. The number of nitrogens with zero attached hydrogens (tertiary/aromatic N) is 5. The van der Waals surface area contributed by atoms with Crippen LogP contribution in [-0.4, -0.2) is 33.1 Å². The van der Waals surface area contributed by atoms with E-state index in [0.29, 0.717) is 17.8 Å². The van der Waals surface area contributed by atoms with Crippen LogP contribution in [0.4, 0.5) is 38.0 Å². The molecular formula is C25H25F6N5O. The monoisotopic (exact) mass is 525 g/mol. The van der Waals surface area contributed by atoms with Crippen LogP contribution in [0.3, 0.4) is 0 Å². The molecule has 1 fully saturated rings. The van der Waals surface area contributed by atoms with Crippen molar-refractivity contribution in [3.63, 3.8) is 0 Å². The van der Waals surface area contributed by atoms with Crippen molar-refractivity contribution in [2.45, 2.75) is 51.6 Å². The van der Waals surface area contributed by atoms with Crippen molar-refractivity contribution in [2.24, 2.45) is 0 Å². The number of piperidine rings is 1. The van der Waals surface area contributed by atoms with Gasteiger partial charge in [-0.2, -0.15) is 26.3 Å². The minimum Gasteiger partial charge on any atom is -0.506 e. The highest BCUT2D eigenvalue weighted by molar-refractivity contribution is 5.47. The van der Waals surface area contributed by atoms with Gasteiger partial charge in [0.05, 0.1) is 35.8 Å². The van der Waals surface area contributed by atoms with Crippen LogP contribution in [0, 0.1) is 6.92 Å². The van der Waals surface area contributed by atoms with Crippen LogP contribution in [0.1, 0.15) is 47.3 Å². The number of aryl methyl sites for hydroxylation is 1. The summed E-state index contributed by atoms with van der Waals surface area (Å²) in [6.45, 7) is 2.86. The number of anilines is 2. The molecule has 1 aliphatic rings. The summed E-state index contributed by atoms with van der Waals surface area (Å²) in [5.74, 6) is -0.0880. The molecule has 0 radical (unpaired) electrons. The Morgan fingerprint density at radius 3 is 2.03 bits per heavy atom. The fraction of sp³-hybridized carbons (Fsp3) is 0.400. The third-order valence-corrected chi connectivity index (χ3v) is 6.08. The van der Waals surface area contributed by atoms with Gasteiger partial charge in [-0.1, -0.05) is 0 Å². The number of hydrogen-bond donors (Lipinski definition) is 1. The number of aromatic nitrogens is 3. The quantitative estimate of drug-likeness (QED) is 0.391. The largest absolute Gasteiger partial charge is 0.506 e. The van der Waals surface area contributed by atoms with Gasteiger partial charge in [0.25, 0.3) is 0 Å². The maximum Gasteiger partial charge on any atom is 0.416 e. The van der Waals surface area contributed by atoms with Crippen molar-refractivity contribution >= 4 is 11.6 Å². The Morgan fingerprint density at radius 2 is 1.46 bits per heavy atom. The van der Waals surface area contributed by atoms with E-state index in [9.17, 15) is 31.4 Å². The van der Waals surface area contributed by atoms with Gasteiger partial charge in [0.15, 0.2) is 0 Å². The third-order valence-electron chi connectivity index (χ3n) is 6.08. The predicted molar refractivity (Wildman–Crippen MR) is 125 cm³/mol. The van der Waals surface area contributed by atoms with Gasteiger partial charge < -0.3 is 14.9 Å². The molecule has 4 rings (SSSR count). The minimum atomic E-state index is -4.97. The van der Waals surface area contributed by atoms with Crippen LogP contribution in [0.25, 0.3) is 0 Å². The molecule has 0 spiro atoms. The SMILES string of the molecule is Cc1ccc(O)c(CN(Cc2cc(C(F)(F)F)cc(C(F)(F)F)c2)c2ncc(N3CCCCC3)cn2)n1. The Kier molecular flexibility index (Phi) is 7.47. The molecule has 3 aromatic rings. The lowest BCUT2D eigenvalue weighted by molar-refractivity contribution is -0.143. The summed E-state index contributed by atoms with van der Waals surface area (Å²) in [4.78, 5) is 16.5. The van der Waals surface area contributed by atoms with Crippen LogP contribution >= 0.6 is 0 Å². The highest BCUT2D eigenvalue weighted by Crippen LogP contribution is 2.37. The highest BCUT2D eigenvalue weighted by atomic mass is 19.4. The summed E-state index contributed by atoms with van der Waals surface area (Å²) >= 11 is 0. The zero-order chi connectivity index (χ0) is 26.8. The Hall–Kier alpha value is -3.57. The van der Waals surface area contributed by atoms with Crippen molar-refractivity contribution in [1.29, 1.82) is 0 Å². The van der Waals surface area contributed by atoms with Crippen molar-refractivity contribution < 1.29 is 31.4 Å². The molecule has 1 saturated heterocycles. The molecule has 0 atom stereocenters. The molecule has 0 saturated carbocycles. The van der Waals surface area contributed by atoms with Gasteiger partial charge in [0, 0.05) is 25.3 Å². The van der Waals surface area contributed by atoms with Gasteiger partial charge in [-0.05, 0) is 62.1 Å². The van der Waals surface area contributed by atoms with Gasteiger partial charge in [-0.3, -0.25) is 4.98 Å². The van der Waals surface area contributed by atoms with Crippen molar-refractivity contribution in [1.82, 2.24) is 15.0 Å². The van der Waals surface area contributed by atoms with Gasteiger partial charge in [0.2, 0.25) is 5.95 Å². The zero-order valence-corrected chi connectivity index (χ0v) is 19.9. The minimum absolute atomic E-state index is 0.0782. The second kappa shape index (κ2) is 10.4. The van der Waals surface area contributed by atoms with E-state index < -0.39 is 23.5 Å². The molecule has 6 nitrogen and oxygen atoms in total. The van der Waals surface area contributed by atoms with E-state index in [2.05, 4.69) is 19.9 Å². The molecule has 3 heterocycles. The second-order valence-electron chi connectivity index (χ2n) is 8.98. The summed E-state index contributed by atoms with van der Waals surface area (Å²) in [5.41, 5.74) is -1.51. The Balaban J connectivity index is 1.71. The topological polar surface area (TPSA) is 65.4 Å². The fourth-order valence-electron chi connectivity index (χ4n) is 4.22. The maximum atomic E-state index is 13.4. The van der Waals surface area contributed by atoms with Crippen LogP contribution in [0.2, 0.25) is 0 Å². The molecule has 2 aromatic heterocycles. The van der Waals surface area contributed by atoms with Gasteiger partial charge in [0.1, 0.15) is 11.4 Å². The number of hydrogen-bond acceptors (Lipinski definition) is 6. The number of benzene rings is 1. The lowest BCUT2D eigenvalue weighted by atomic mass is 10.0. The maximum absolute atomic E-state index is 13.4. The third kappa shape index (κ3) is 6.60. The molecule has 198 valence electrons. The number of rotatable bonds is 6. The van der Waals surface area contributed by atoms with E-state index >= 15 is 0 Å². The van der Waals surface area contributed by atoms with E-state index in [1.807, 2.05) is 0 Å². The molecule has 1 N–H and O–H groups in total. The van der Waals surface area contributed by atoms with Crippen molar-refractivity contribution in [2.75, 3.05) is 22.9 Å². The van der Waals surface area contributed by atoms with E-state index in [1.54, 1.807) is 25.4 Å². The van der Waals surface area contributed by atoms with Crippen LogP contribution in [0.15, 0.2) is 42.7 Å². The summed E-state index contributed by atoms with van der Waals surface area (Å²) < 4.78 is 80.5. The average molecular weight is 525 g/mol. The molecule has 1 aliphatic heterocycles. The van der Waals surface area contributed by atoms with Crippen molar-refractivity contribution in [3.05, 3.63) is 70.8 Å². The summed E-state index contributed by atoms with van der Waals surface area (Å²) in [6, 6.07) is 4.44. The van der Waals surface area contributed by atoms with Crippen LogP contribution < -0.4 is 9.80 Å². The van der Waals surface area contributed by atoms with E-state index in [0.717, 1.165) is 38.0 Å². The van der Waals surface area contributed by atoms with Crippen LogP contribution in [-0.2, 0) is 25.4 Å². The first-order valence-corrected chi connectivity index (χ1v) is 11.7. The van der Waals surface area contributed by atoms with E-state index in [-0.39, 0.29) is 42.1 Å². The summed E-state index contributed by atoms with van der Waals surface area (Å²) in [5, 5.41) is 10.3. The Labute approximate surface area is 209 Å². The standard InChI is InChI=1S/C25H25F6N5O/c1-16-5-6-22(37)21(34-16)15-36(23-32-12-20(13-33-23)35-7-3-2-4-8-35)14-17-9-18(24(26,27)28)11-19(10-17)25(29,30)31/h5-6,9-13,37H,2-4,7-8,14-15H2,1H3. The first-order valence-electron chi connectivity index (χ1n) is 11.7. The highest BCUT2D eigenvalue weighted by Gasteiger charge is 2.37. The number of halogens is 6. The molecule has 12 heteroatoms. The fourth-order valence-corrected chi connectivity index (χ4v) is 4.22. The normalized spacial score (nSPS) is 14.6. The predicted octanol–water partition coefficient (Wildman–Crippen LogP) is 6.12. The van der Waals surface area contributed by atoms with E-state index in [4.69, 9.17) is 0 Å². The number of aromatic hydroxyl groups is 1. The Morgan fingerprint density at radius 1 is 0.865 bits per heavy atom. The smallest absolute Gasteiger partial charge is 0.416 e. The van der Waals surface area contributed by atoms with Gasteiger partial charge in [-0.15, -0.1) is 0 Å². The van der Waals surface area contributed by atoms with Crippen LogP contribution in [0.5, 0.6) is 5.75 Å². The lowest BCUT2D eigenvalue weighted by Gasteiger charge is -2.29. The molecule has 1 aromatic carbocycles. The molecule has 0 aliphatic carbocycles. The summed E-state index contributed by atoms with van der Waals surface area (Å²) in [7, 11) is 0. The number of alkyl halides is 6. The molecule has 0 bridgehead atoms. The van der Waals surface area contributed by atoms with Crippen molar-refractivity contribution in [3.8, 4) is 5.75 Å². The average Bonchev–Trinajstić information content (AvgIpc) is 2.85. The summed E-state index contributed by atoms with van der Waals surface area (Å²) in [6.07, 6.45) is -3.58. The lowest BCUT2D eigenvalue weighted by Crippen LogP contribution is -2.30. The first-order chi connectivity index (χ1) is 17.4. The van der Waals surface area contributed by atoms with Gasteiger partial charge >= 0.3 is 12.4 Å². The Bertz CT molecular complexity index is 1190. The van der Waals surface area contributed by atoms with Gasteiger partial charge in [-0.25, -0.2) is 9.97 Å². The molecule has 37 heavy (non-hydrogen) atoms. The molecule has 0 amide bonds. The molecular weight excluding hydrogens is 500 g/mol. The molecule has 0 unspecified atom stereocenters. The number of pyridine rings is 1. The second-order valence-corrected chi connectivity index (χ2v) is 8.98. The van der Waals surface area contributed by atoms with E-state index in [1.165, 1.54) is 11.0 Å².